The van der Waals surface area contributed by atoms with E-state index in [4.69, 9.17) is 11.6 Å². The van der Waals surface area contributed by atoms with Crippen LogP contribution in [-0.4, -0.2) is 18.5 Å². The number of rotatable bonds is 2. The van der Waals surface area contributed by atoms with Crippen LogP contribution >= 0.6 is 11.6 Å². The summed E-state index contributed by atoms with van der Waals surface area (Å²) in [5.41, 5.74) is 2.72. The molecule has 0 amide bonds. The van der Waals surface area contributed by atoms with E-state index in [-0.39, 0.29) is 12.6 Å². The van der Waals surface area contributed by atoms with E-state index in [9.17, 15) is 4.79 Å². The highest BCUT2D eigenvalue weighted by Gasteiger charge is 1.84. The van der Waals surface area contributed by atoms with Gasteiger partial charge >= 0.3 is 5.97 Å². The van der Waals surface area contributed by atoms with Crippen molar-refractivity contribution in [3.63, 3.8) is 0 Å². The lowest BCUT2D eigenvalue weighted by Gasteiger charge is -1.91. The van der Waals surface area contributed by atoms with Gasteiger partial charge in [0.25, 0.3) is 0 Å². The Labute approximate surface area is 76.9 Å². The predicted octanol–water partition coefficient (Wildman–Crippen LogP) is 1.50. The molecule has 0 aliphatic rings. The molecular weight excluding hydrogens is 176 g/mol. The van der Waals surface area contributed by atoms with E-state index in [2.05, 4.69) is 22.3 Å². The van der Waals surface area contributed by atoms with Crippen LogP contribution in [0.3, 0.4) is 0 Å². The number of hydrogen-bond acceptors (Lipinski definition) is 2. The first-order valence-electron chi connectivity index (χ1n) is 3.34. The molecule has 3 heteroatoms. The van der Waals surface area contributed by atoms with Gasteiger partial charge < -0.3 is 4.74 Å². The summed E-state index contributed by atoms with van der Waals surface area (Å²) in [7, 11) is 0. The lowest BCUT2D eigenvalue weighted by atomic mass is 10.5. The Bertz CT molecular complexity index is 251. The van der Waals surface area contributed by atoms with Crippen LogP contribution in [0.25, 0.3) is 0 Å². The molecule has 0 aromatic rings. The lowest BCUT2D eigenvalue weighted by molar-refractivity contribution is -0.139. The summed E-state index contributed by atoms with van der Waals surface area (Å²) in [6, 6.07) is 0. The van der Waals surface area contributed by atoms with Crippen molar-refractivity contribution < 1.29 is 9.53 Å². The van der Waals surface area contributed by atoms with E-state index >= 15 is 0 Å². The molecule has 0 saturated carbocycles. The summed E-state index contributed by atoms with van der Waals surface area (Å²) in [5.74, 6) is 5.25. The third-order valence-electron chi connectivity index (χ3n) is 0.812. The van der Waals surface area contributed by atoms with Gasteiger partial charge in [-0.25, -0.2) is 0 Å². The molecule has 0 saturated heterocycles. The van der Waals surface area contributed by atoms with E-state index in [1.165, 1.54) is 13.0 Å². The van der Waals surface area contributed by atoms with Crippen molar-refractivity contribution in [2.24, 2.45) is 0 Å². The van der Waals surface area contributed by atoms with Crippen LogP contribution in [0.4, 0.5) is 0 Å². The van der Waals surface area contributed by atoms with Gasteiger partial charge in [-0.15, -0.1) is 17.3 Å². The molecule has 0 rings (SSSR count). The summed E-state index contributed by atoms with van der Waals surface area (Å²) in [6.45, 7) is 1.58. The fraction of sp³-hybridized carbons (Fsp3) is 0.333. The average Bonchev–Trinajstić information content (AvgIpc) is 2.02. The van der Waals surface area contributed by atoms with Crippen LogP contribution in [0.1, 0.15) is 6.92 Å². The van der Waals surface area contributed by atoms with Crippen LogP contribution in [-0.2, 0) is 9.53 Å². The molecule has 0 unspecified atom stereocenters. The van der Waals surface area contributed by atoms with Gasteiger partial charge in [0.05, 0.1) is 5.88 Å². The quantitative estimate of drug-likeness (QED) is 0.281. The highest BCUT2D eigenvalue weighted by Crippen LogP contribution is 1.76. The van der Waals surface area contributed by atoms with E-state index in [1.807, 2.05) is 0 Å². The standard InChI is InChI=1S/C9H9ClO2/c1-9(11)12-8-6-4-2-3-5-7-10/h2,6H,7-8H2,1H3. The molecule has 0 N–H and O–H groups in total. The van der Waals surface area contributed by atoms with Gasteiger partial charge in [-0.3, -0.25) is 4.79 Å². The molecule has 0 aliphatic carbocycles. The Morgan fingerprint density at radius 1 is 1.67 bits per heavy atom. The van der Waals surface area contributed by atoms with Crippen LogP contribution in [0.15, 0.2) is 17.9 Å². The number of ether oxygens (including phenoxy) is 1. The zero-order valence-corrected chi connectivity index (χ0v) is 7.52. The molecule has 0 heterocycles. The normalized spacial score (nSPS) is 7.17. The van der Waals surface area contributed by atoms with Gasteiger partial charge in [-0.1, -0.05) is 11.8 Å². The van der Waals surface area contributed by atoms with Crippen LogP contribution in [0.2, 0.25) is 0 Å². The largest absolute Gasteiger partial charge is 0.461 e. The molecule has 0 aromatic heterocycles. The van der Waals surface area contributed by atoms with Crippen LogP contribution in [0.5, 0.6) is 0 Å². The number of alkyl halides is 1. The van der Waals surface area contributed by atoms with Crippen molar-refractivity contribution in [1.29, 1.82) is 0 Å². The Hall–Kier alpha value is -1.16. The maximum Gasteiger partial charge on any atom is 0.302 e. The summed E-state index contributed by atoms with van der Waals surface area (Å²) >= 11 is 5.28. The molecular formula is C9H9ClO2. The molecule has 64 valence electrons. The maximum atomic E-state index is 10.3. The Morgan fingerprint density at radius 2 is 2.42 bits per heavy atom. The fourth-order valence-electron chi connectivity index (χ4n) is 0.397. The second-order valence-electron chi connectivity index (χ2n) is 1.77. The van der Waals surface area contributed by atoms with Gasteiger partial charge in [0.2, 0.25) is 0 Å². The summed E-state index contributed by atoms with van der Waals surface area (Å²) in [4.78, 5) is 10.3. The van der Waals surface area contributed by atoms with E-state index in [0.29, 0.717) is 5.88 Å². The second-order valence-corrected chi connectivity index (χ2v) is 2.04. The third-order valence-corrected chi connectivity index (χ3v) is 0.946. The topological polar surface area (TPSA) is 26.3 Å². The SMILES string of the molecule is CC(=O)OCC=C=CC#CCCl. The van der Waals surface area contributed by atoms with Crippen molar-refractivity contribution in [2.45, 2.75) is 6.92 Å². The van der Waals surface area contributed by atoms with Crippen molar-refractivity contribution in [1.82, 2.24) is 0 Å². The Kier molecular flexibility index (Phi) is 7.17. The minimum Gasteiger partial charge on any atom is -0.461 e. The number of hydrogen-bond donors (Lipinski definition) is 0. The van der Waals surface area contributed by atoms with Gasteiger partial charge in [-0.05, 0) is 6.08 Å². The van der Waals surface area contributed by atoms with E-state index in [0.717, 1.165) is 0 Å². The molecule has 12 heavy (non-hydrogen) atoms. The average molecular weight is 185 g/mol. The lowest BCUT2D eigenvalue weighted by Crippen LogP contribution is -1.96. The third kappa shape index (κ3) is 8.84. The summed E-state index contributed by atoms with van der Waals surface area (Å²) < 4.78 is 4.60. The van der Waals surface area contributed by atoms with Gasteiger partial charge in [-0.2, -0.15) is 0 Å². The van der Waals surface area contributed by atoms with Crippen molar-refractivity contribution in [2.75, 3.05) is 12.5 Å². The minimum atomic E-state index is -0.306. The van der Waals surface area contributed by atoms with Gasteiger partial charge in [0.1, 0.15) is 6.61 Å². The molecule has 0 radical (unpaired) electrons. The maximum absolute atomic E-state index is 10.3. The molecule has 0 bridgehead atoms. The van der Waals surface area contributed by atoms with Crippen LogP contribution in [0, 0.1) is 11.8 Å². The first kappa shape index (κ1) is 10.8. The number of carbonyl (C=O) groups is 1. The van der Waals surface area contributed by atoms with E-state index < -0.39 is 0 Å². The van der Waals surface area contributed by atoms with E-state index in [1.54, 1.807) is 6.08 Å². The molecule has 0 fully saturated rings. The smallest absolute Gasteiger partial charge is 0.302 e. The molecule has 0 atom stereocenters. The van der Waals surface area contributed by atoms with Crippen molar-refractivity contribution >= 4 is 17.6 Å². The number of esters is 1. The van der Waals surface area contributed by atoms with Crippen LogP contribution < -0.4 is 0 Å². The zero-order chi connectivity index (χ0) is 9.23. The molecule has 0 aromatic carbocycles. The predicted molar refractivity (Wildman–Crippen MR) is 47.8 cm³/mol. The Balaban J connectivity index is 3.61. The highest BCUT2D eigenvalue weighted by atomic mass is 35.5. The minimum absolute atomic E-state index is 0.231. The summed E-state index contributed by atoms with van der Waals surface area (Å²) in [6.07, 6.45) is 3.09. The molecule has 2 nitrogen and oxygen atoms in total. The fourth-order valence-corrected chi connectivity index (χ4v) is 0.474. The van der Waals surface area contributed by atoms with Crippen molar-refractivity contribution in [3.05, 3.63) is 17.9 Å². The monoisotopic (exact) mass is 184 g/mol. The van der Waals surface area contributed by atoms with Gasteiger partial charge in [0.15, 0.2) is 0 Å². The number of halogens is 1. The second kappa shape index (κ2) is 7.94. The first-order valence-corrected chi connectivity index (χ1v) is 3.88. The first-order chi connectivity index (χ1) is 5.77. The molecule has 0 aliphatic heterocycles. The van der Waals surface area contributed by atoms with Gasteiger partial charge in [0, 0.05) is 13.0 Å². The molecule has 0 spiro atoms. The Morgan fingerprint density at radius 3 is 3.00 bits per heavy atom. The highest BCUT2D eigenvalue weighted by molar-refractivity contribution is 6.19. The summed E-state index contributed by atoms with van der Waals surface area (Å²) in [5, 5.41) is 0. The van der Waals surface area contributed by atoms with Crippen molar-refractivity contribution in [3.8, 4) is 11.8 Å². The number of carbonyl (C=O) groups excluding carboxylic acids is 1. The zero-order valence-electron chi connectivity index (χ0n) is 6.76.